The van der Waals surface area contributed by atoms with Crippen molar-refractivity contribution in [3.05, 3.63) is 41.3 Å². The summed E-state index contributed by atoms with van der Waals surface area (Å²) in [6.45, 7) is 6.53. The fourth-order valence-corrected chi connectivity index (χ4v) is 4.35. The van der Waals surface area contributed by atoms with Crippen LogP contribution in [0.2, 0.25) is 0 Å². The molecule has 1 aliphatic rings. The molecule has 1 aliphatic heterocycles. The summed E-state index contributed by atoms with van der Waals surface area (Å²) in [6.07, 6.45) is 2.54. The Morgan fingerprint density at radius 1 is 1.21 bits per heavy atom. The van der Waals surface area contributed by atoms with Crippen molar-refractivity contribution in [2.75, 3.05) is 19.7 Å². The highest BCUT2D eigenvalue weighted by atomic mass is 32.2. The van der Waals surface area contributed by atoms with Crippen molar-refractivity contribution >= 4 is 28.0 Å². The monoisotopic (exact) mass is 422 g/mol. The van der Waals surface area contributed by atoms with Gasteiger partial charge in [-0.05, 0) is 37.3 Å². The molecule has 1 heterocycles. The molecule has 2 rings (SSSR count). The summed E-state index contributed by atoms with van der Waals surface area (Å²) in [4.78, 5) is 26.4. The average Bonchev–Trinajstić information content (AvgIpc) is 2.71. The molecule has 0 saturated carbocycles. The number of esters is 1. The molecule has 0 radical (unpaired) electrons. The van der Waals surface area contributed by atoms with Crippen LogP contribution >= 0.6 is 0 Å². The molecule has 29 heavy (non-hydrogen) atoms. The number of amides is 1. The largest absolute Gasteiger partial charge is 0.466 e. The SMILES string of the molecule is CCOC(=O)C1CCN(C(=O)C(NS(=O)(=O)C=Cc2ccccc2)C(C)C)CC1. The maximum absolute atomic E-state index is 13.0. The van der Waals surface area contributed by atoms with Gasteiger partial charge in [-0.15, -0.1) is 0 Å². The molecule has 1 unspecified atom stereocenters. The Morgan fingerprint density at radius 3 is 2.38 bits per heavy atom. The number of carbonyl (C=O) groups excluding carboxylic acids is 2. The highest BCUT2D eigenvalue weighted by molar-refractivity contribution is 7.92. The van der Waals surface area contributed by atoms with Crippen LogP contribution in [0.25, 0.3) is 6.08 Å². The summed E-state index contributed by atoms with van der Waals surface area (Å²) >= 11 is 0. The van der Waals surface area contributed by atoms with Crippen LogP contribution < -0.4 is 4.72 Å². The maximum Gasteiger partial charge on any atom is 0.309 e. The Kier molecular flexibility index (Phi) is 8.40. The van der Waals surface area contributed by atoms with Gasteiger partial charge in [-0.3, -0.25) is 9.59 Å². The van der Waals surface area contributed by atoms with Crippen LogP contribution in [-0.2, 0) is 24.3 Å². The molecule has 1 amide bonds. The van der Waals surface area contributed by atoms with Gasteiger partial charge in [-0.2, -0.15) is 4.72 Å². The van der Waals surface area contributed by atoms with Gasteiger partial charge in [0.05, 0.1) is 12.5 Å². The van der Waals surface area contributed by atoms with E-state index >= 15 is 0 Å². The van der Waals surface area contributed by atoms with Gasteiger partial charge in [-0.25, -0.2) is 8.42 Å². The summed E-state index contributed by atoms with van der Waals surface area (Å²) in [5.74, 6) is -0.919. The van der Waals surface area contributed by atoms with E-state index in [-0.39, 0.29) is 23.7 Å². The molecule has 160 valence electrons. The lowest BCUT2D eigenvalue weighted by Crippen LogP contribution is -2.53. The number of piperidine rings is 1. The van der Waals surface area contributed by atoms with E-state index in [9.17, 15) is 18.0 Å². The van der Waals surface area contributed by atoms with Gasteiger partial charge in [0.25, 0.3) is 0 Å². The van der Waals surface area contributed by atoms with Crippen molar-refractivity contribution in [3.63, 3.8) is 0 Å². The Morgan fingerprint density at radius 2 is 1.83 bits per heavy atom. The summed E-state index contributed by atoms with van der Waals surface area (Å²) < 4.78 is 32.5. The van der Waals surface area contributed by atoms with Crippen molar-refractivity contribution in [2.45, 2.75) is 39.7 Å². The zero-order valence-corrected chi connectivity index (χ0v) is 18.0. The van der Waals surface area contributed by atoms with Gasteiger partial charge in [-0.1, -0.05) is 44.2 Å². The van der Waals surface area contributed by atoms with Crippen LogP contribution in [0.15, 0.2) is 35.7 Å². The number of carbonyl (C=O) groups is 2. The van der Waals surface area contributed by atoms with Crippen LogP contribution in [0.3, 0.4) is 0 Å². The fraction of sp³-hybridized carbons (Fsp3) is 0.524. The maximum atomic E-state index is 13.0. The van der Waals surface area contributed by atoms with Gasteiger partial charge in [0.2, 0.25) is 15.9 Å². The number of nitrogens with zero attached hydrogens (tertiary/aromatic N) is 1. The van der Waals surface area contributed by atoms with Crippen LogP contribution in [-0.4, -0.2) is 50.9 Å². The summed E-state index contributed by atoms with van der Waals surface area (Å²) in [5.41, 5.74) is 0.756. The number of ether oxygens (including phenoxy) is 1. The van der Waals surface area contributed by atoms with Crippen molar-refractivity contribution in [3.8, 4) is 0 Å². The normalized spacial score (nSPS) is 16.9. The summed E-state index contributed by atoms with van der Waals surface area (Å²) in [7, 11) is -3.79. The lowest BCUT2D eigenvalue weighted by atomic mass is 9.95. The Bertz CT molecular complexity index is 813. The zero-order chi connectivity index (χ0) is 21.4. The quantitative estimate of drug-likeness (QED) is 0.650. The van der Waals surface area contributed by atoms with Gasteiger partial charge < -0.3 is 9.64 Å². The minimum absolute atomic E-state index is 0.206. The molecule has 1 saturated heterocycles. The minimum Gasteiger partial charge on any atom is -0.466 e. The molecule has 1 fully saturated rings. The molecule has 8 heteroatoms. The van der Waals surface area contributed by atoms with E-state index in [2.05, 4.69) is 4.72 Å². The lowest BCUT2D eigenvalue weighted by molar-refractivity contribution is -0.151. The Balaban J connectivity index is 2.01. The first kappa shape index (κ1) is 23.1. The molecule has 0 spiro atoms. The number of likely N-dealkylation sites (tertiary alicyclic amines) is 1. The first-order valence-electron chi connectivity index (χ1n) is 9.94. The number of hydrogen-bond donors (Lipinski definition) is 1. The Hall–Kier alpha value is -2.19. The second kappa shape index (κ2) is 10.5. The molecule has 1 aromatic rings. The second-order valence-electron chi connectivity index (χ2n) is 7.45. The molecule has 0 aromatic heterocycles. The third-order valence-electron chi connectivity index (χ3n) is 4.89. The second-order valence-corrected chi connectivity index (χ2v) is 9.05. The van der Waals surface area contributed by atoms with E-state index in [4.69, 9.17) is 4.74 Å². The fourth-order valence-electron chi connectivity index (χ4n) is 3.21. The minimum atomic E-state index is -3.79. The van der Waals surface area contributed by atoms with E-state index < -0.39 is 16.1 Å². The summed E-state index contributed by atoms with van der Waals surface area (Å²) in [5, 5.41) is 1.08. The first-order chi connectivity index (χ1) is 13.7. The molecule has 0 bridgehead atoms. The predicted octanol–water partition coefficient (Wildman–Crippen LogP) is 2.40. The number of sulfonamides is 1. The summed E-state index contributed by atoms with van der Waals surface area (Å²) in [6, 6.07) is 8.22. The number of rotatable bonds is 8. The third kappa shape index (κ3) is 6.97. The molecular formula is C21H30N2O5S. The predicted molar refractivity (Wildman–Crippen MR) is 112 cm³/mol. The lowest BCUT2D eigenvalue weighted by Gasteiger charge is -2.34. The molecular weight excluding hydrogens is 392 g/mol. The standard InChI is InChI=1S/C21H30N2O5S/c1-4-28-21(25)18-10-13-23(14-11-18)20(24)19(16(2)3)22-29(26,27)15-12-17-8-6-5-7-9-17/h5-9,12,15-16,18-19,22H,4,10-11,13-14H2,1-3H3. The smallest absolute Gasteiger partial charge is 0.309 e. The van der Waals surface area contributed by atoms with E-state index in [1.807, 2.05) is 18.2 Å². The molecule has 7 nitrogen and oxygen atoms in total. The number of hydrogen-bond acceptors (Lipinski definition) is 5. The van der Waals surface area contributed by atoms with Gasteiger partial charge >= 0.3 is 5.97 Å². The van der Waals surface area contributed by atoms with Crippen molar-refractivity contribution in [1.82, 2.24) is 9.62 Å². The van der Waals surface area contributed by atoms with Gasteiger partial charge in [0, 0.05) is 18.5 Å². The van der Waals surface area contributed by atoms with Crippen LogP contribution in [0.4, 0.5) is 0 Å². The first-order valence-corrected chi connectivity index (χ1v) is 11.5. The van der Waals surface area contributed by atoms with E-state index in [1.54, 1.807) is 37.8 Å². The highest BCUT2D eigenvalue weighted by Crippen LogP contribution is 2.20. The topological polar surface area (TPSA) is 92.8 Å². The third-order valence-corrected chi connectivity index (χ3v) is 5.97. The average molecular weight is 423 g/mol. The number of nitrogens with one attached hydrogen (secondary N) is 1. The molecule has 1 N–H and O–H groups in total. The van der Waals surface area contributed by atoms with Crippen molar-refractivity contribution in [2.24, 2.45) is 11.8 Å². The van der Waals surface area contributed by atoms with Gasteiger partial charge in [0.15, 0.2) is 0 Å². The molecule has 0 aliphatic carbocycles. The zero-order valence-electron chi connectivity index (χ0n) is 17.2. The van der Waals surface area contributed by atoms with Crippen molar-refractivity contribution < 1.29 is 22.7 Å². The van der Waals surface area contributed by atoms with E-state index in [0.29, 0.717) is 32.5 Å². The van der Waals surface area contributed by atoms with Gasteiger partial charge in [0.1, 0.15) is 6.04 Å². The van der Waals surface area contributed by atoms with E-state index in [1.165, 1.54) is 6.08 Å². The Labute approximate surface area is 173 Å². The highest BCUT2D eigenvalue weighted by Gasteiger charge is 2.34. The van der Waals surface area contributed by atoms with E-state index in [0.717, 1.165) is 11.0 Å². The van der Waals surface area contributed by atoms with Crippen LogP contribution in [0, 0.1) is 11.8 Å². The van der Waals surface area contributed by atoms with Crippen LogP contribution in [0.5, 0.6) is 0 Å². The molecule has 1 atom stereocenters. The van der Waals surface area contributed by atoms with Crippen molar-refractivity contribution in [1.29, 1.82) is 0 Å². The van der Waals surface area contributed by atoms with Crippen LogP contribution in [0.1, 0.15) is 39.2 Å². The molecule has 1 aromatic carbocycles. The number of benzene rings is 1.